The number of guanidine groups is 1. The third-order valence-corrected chi connectivity index (χ3v) is 4.69. The second-order valence-corrected chi connectivity index (χ2v) is 7.49. The maximum atomic E-state index is 5.77. The molecule has 0 spiro atoms. The number of halogens is 1. The normalized spacial score (nSPS) is 17.5. The van der Waals surface area contributed by atoms with Crippen LogP contribution in [0.25, 0.3) is 0 Å². The average molecular weight is 504 g/mol. The lowest BCUT2D eigenvalue weighted by Crippen LogP contribution is -2.43. The number of hydrogen-bond acceptors (Lipinski definition) is 4. The second-order valence-electron chi connectivity index (χ2n) is 7.49. The molecule has 0 radical (unpaired) electrons. The zero-order chi connectivity index (χ0) is 19.5. The molecule has 2 rings (SSSR count). The molecule has 0 amide bonds. The van der Waals surface area contributed by atoms with Gasteiger partial charge in [0, 0.05) is 58.1 Å². The Bertz CT molecular complexity index is 583. The van der Waals surface area contributed by atoms with Gasteiger partial charge >= 0.3 is 0 Å². The Labute approximate surface area is 187 Å². The van der Waals surface area contributed by atoms with Gasteiger partial charge in [0.2, 0.25) is 0 Å². The first-order valence-electron chi connectivity index (χ1n) is 10.1. The monoisotopic (exact) mass is 504 g/mol. The smallest absolute Gasteiger partial charge is 0.195 e. The molecular formula is C21H37IN4O2. The van der Waals surface area contributed by atoms with Gasteiger partial charge in [-0.2, -0.15) is 0 Å². The van der Waals surface area contributed by atoms with Gasteiger partial charge in [-0.3, -0.25) is 9.89 Å². The van der Waals surface area contributed by atoms with Crippen molar-refractivity contribution in [3.63, 3.8) is 0 Å². The van der Waals surface area contributed by atoms with Gasteiger partial charge in [-0.1, -0.05) is 19.9 Å². The summed E-state index contributed by atoms with van der Waals surface area (Å²) >= 11 is 0. The quantitative estimate of drug-likeness (QED) is 0.220. The molecule has 1 aromatic carbocycles. The summed E-state index contributed by atoms with van der Waals surface area (Å²) in [5.41, 5.74) is 0.970. The molecule has 0 aromatic heterocycles. The molecule has 1 aromatic rings. The van der Waals surface area contributed by atoms with Crippen LogP contribution in [-0.4, -0.2) is 63.9 Å². The summed E-state index contributed by atoms with van der Waals surface area (Å²) in [6.07, 6.45) is 3.42. The van der Waals surface area contributed by atoms with Crippen LogP contribution in [-0.2, 0) is 4.74 Å². The van der Waals surface area contributed by atoms with E-state index in [-0.39, 0.29) is 24.0 Å². The maximum absolute atomic E-state index is 5.77. The maximum Gasteiger partial charge on any atom is 0.195 e. The van der Waals surface area contributed by atoms with Crippen LogP contribution >= 0.6 is 24.0 Å². The highest BCUT2D eigenvalue weighted by molar-refractivity contribution is 14.0. The highest BCUT2D eigenvalue weighted by atomic mass is 127. The van der Waals surface area contributed by atoms with Crippen molar-refractivity contribution in [2.45, 2.75) is 39.2 Å². The molecule has 2 N–H and O–H groups in total. The van der Waals surface area contributed by atoms with Crippen molar-refractivity contribution in [1.29, 1.82) is 0 Å². The predicted octanol–water partition coefficient (Wildman–Crippen LogP) is 3.83. The van der Waals surface area contributed by atoms with Gasteiger partial charge in [0.05, 0.1) is 6.61 Å². The van der Waals surface area contributed by atoms with Gasteiger partial charge in [0.15, 0.2) is 5.96 Å². The van der Waals surface area contributed by atoms with E-state index in [1.165, 1.54) is 25.9 Å². The van der Waals surface area contributed by atoms with Crippen molar-refractivity contribution < 1.29 is 9.47 Å². The number of benzene rings is 1. The molecule has 0 bridgehead atoms. The SMILES string of the molecule is CN=C(NC[C@H]1CCCN1CC(C)C)Nc1cccc(OCCCOC)c1.I. The number of anilines is 1. The van der Waals surface area contributed by atoms with E-state index in [1.54, 1.807) is 14.2 Å². The summed E-state index contributed by atoms with van der Waals surface area (Å²) in [6, 6.07) is 8.57. The van der Waals surface area contributed by atoms with E-state index in [0.717, 1.165) is 30.4 Å². The van der Waals surface area contributed by atoms with Crippen LogP contribution in [0, 0.1) is 5.92 Å². The Balaban J connectivity index is 0.00000392. The predicted molar refractivity (Wildman–Crippen MR) is 128 cm³/mol. The number of methoxy groups -OCH3 is 1. The molecule has 1 aliphatic heterocycles. The van der Waals surface area contributed by atoms with Gasteiger partial charge < -0.3 is 20.1 Å². The Hall–Kier alpha value is -1.06. The fourth-order valence-corrected chi connectivity index (χ4v) is 3.42. The van der Waals surface area contributed by atoms with Crippen molar-refractivity contribution in [3.8, 4) is 5.75 Å². The number of likely N-dealkylation sites (tertiary alicyclic amines) is 1. The first-order valence-corrected chi connectivity index (χ1v) is 10.1. The molecule has 1 fully saturated rings. The summed E-state index contributed by atoms with van der Waals surface area (Å²) < 4.78 is 10.8. The Morgan fingerprint density at radius 2 is 2.14 bits per heavy atom. The second kappa shape index (κ2) is 14.0. The summed E-state index contributed by atoms with van der Waals surface area (Å²) in [6.45, 7) is 9.22. The minimum Gasteiger partial charge on any atom is -0.493 e. The topological polar surface area (TPSA) is 58.1 Å². The minimum atomic E-state index is 0. The molecular weight excluding hydrogens is 467 g/mol. The fraction of sp³-hybridized carbons (Fsp3) is 0.667. The van der Waals surface area contributed by atoms with Crippen molar-refractivity contribution in [2.24, 2.45) is 10.9 Å². The van der Waals surface area contributed by atoms with Crippen LogP contribution < -0.4 is 15.4 Å². The summed E-state index contributed by atoms with van der Waals surface area (Å²) in [5.74, 6) is 2.35. The van der Waals surface area contributed by atoms with Gasteiger partial charge in [-0.25, -0.2) is 0 Å². The highest BCUT2D eigenvalue weighted by Crippen LogP contribution is 2.19. The lowest BCUT2D eigenvalue weighted by molar-refractivity contribution is 0.172. The van der Waals surface area contributed by atoms with E-state index in [4.69, 9.17) is 9.47 Å². The fourth-order valence-electron chi connectivity index (χ4n) is 3.42. The van der Waals surface area contributed by atoms with Crippen molar-refractivity contribution in [1.82, 2.24) is 10.2 Å². The third kappa shape index (κ3) is 8.96. The zero-order valence-corrected chi connectivity index (χ0v) is 20.1. The minimum absolute atomic E-state index is 0. The number of ether oxygens (including phenoxy) is 2. The number of rotatable bonds is 10. The number of nitrogens with one attached hydrogen (secondary N) is 2. The Morgan fingerprint density at radius 1 is 1.32 bits per heavy atom. The van der Waals surface area contributed by atoms with E-state index < -0.39 is 0 Å². The van der Waals surface area contributed by atoms with E-state index >= 15 is 0 Å². The molecule has 28 heavy (non-hydrogen) atoms. The molecule has 0 saturated carbocycles. The van der Waals surface area contributed by atoms with Crippen LogP contribution in [0.2, 0.25) is 0 Å². The van der Waals surface area contributed by atoms with Crippen molar-refractivity contribution in [3.05, 3.63) is 24.3 Å². The van der Waals surface area contributed by atoms with Crippen LogP contribution in [0.1, 0.15) is 33.1 Å². The standard InChI is InChI=1S/C21H36N4O2.HI/c1-17(2)16-25-11-6-9-19(25)15-23-21(22-3)24-18-8-5-10-20(14-18)27-13-7-12-26-4;/h5,8,10,14,17,19H,6-7,9,11-13,15-16H2,1-4H3,(H2,22,23,24);1H/t19-;/m1./s1. The Morgan fingerprint density at radius 3 is 2.86 bits per heavy atom. The molecule has 1 saturated heterocycles. The third-order valence-electron chi connectivity index (χ3n) is 4.69. The first kappa shape index (κ1) is 25.0. The molecule has 0 aliphatic carbocycles. The summed E-state index contributed by atoms with van der Waals surface area (Å²) in [4.78, 5) is 6.96. The number of aliphatic imine (C=N–C) groups is 1. The van der Waals surface area contributed by atoms with Gasteiger partial charge in [0.25, 0.3) is 0 Å². The molecule has 1 heterocycles. The van der Waals surface area contributed by atoms with Gasteiger partial charge in [-0.15, -0.1) is 24.0 Å². The average Bonchev–Trinajstić information content (AvgIpc) is 3.09. The van der Waals surface area contributed by atoms with Crippen LogP contribution in [0.4, 0.5) is 5.69 Å². The van der Waals surface area contributed by atoms with E-state index in [0.29, 0.717) is 25.2 Å². The number of nitrogens with zero attached hydrogens (tertiary/aromatic N) is 2. The van der Waals surface area contributed by atoms with Crippen LogP contribution in [0.15, 0.2) is 29.3 Å². The van der Waals surface area contributed by atoms with Crippen LogP contribution in [0.3, 0.4) is 0 Å². The molecule has 6 nitrogen and oxygen atoms in total. The zero-order valence-electron chi connectivity index (χ0n) is 17.7. The molecule has 0 unspecified atom stereocenters. The van der Waals surface area contributed by atoms with Crippen LogP contribution in [0.5, 0.6) is 5.75 Å². The van der Waals surface area contributed by atoms with Gasteiger partial charge in [0.1, 0.15) is 5.75 Å². The van der Waals surface area contributed by atoms with Crippen molar-refractivity contribution >= 4 is 35.6 Å². The molecule has 7 heteroatoms. The Kier molecular flexibility index (Phi) is 12.5. The van der Waals surface area contributed by atoms with Gasteiger partial charge in [-0.05, 0) is 37.4 Å². The van der Waals surface area contributed by atoms with E-state index in [2.05, 4.69) is 34.4 Å². The first-order chi connectivity index (χ1) is 13.1. The lowest BCUT2D eigenvalue weighted by Gasteiger charge is -2.27. The largest absolute Gasteiger partial charge is 0.493 e. The van der Waals surface area contributed by atoms with Crippen molar-refractivity contribution in [2.75, 3.05) is 52.3 Å². The molecule has 1 atom stereocenters. The molecule has 1 aliphatic rings. The summed E-state index contributed by atoms with van der Waals surface area (Å²) in [7, 11) is 3.51. The number of hydrogen-bond donors (Lipinski definition) is 2. The van der Waals surface area contributed by atoms with E-state index in [9.17, 15) is 0 Å². The highest BCUT2D eigenvalue weighted by Gasteiger charge is 2.24. The molecule has 160 valence electrons. The van der Waals surface area contributed by atoms with E-state index in [1.807, 2.05) is 24.3 Å². The summed E-state index contributed by atoms with van der Waals surface area (Å²) in [5, 5.41) is 6.85. The lowest BCUT2D eigenvalue weighted by atomic mass is 10.1.